The molecule has 0 aliphatic carbocycles. The van der Waals surface area contributed by atoms with Crippen LogP contribution >= 0.6 is 0 Å². The number of halogens is 4. The lowest BCUT2D eigenvalue weighted by atomic mass is 10.1. The van der Waals surface area contributed by atoms with Crippen molar-refractivity contribution in [2.75, 3.05) is 18.5 Å². The molecule has 19 heavy (non-hydrogen) atoms. The Kier molecular flexibility index (Phi) is 4.57. The third-order valence-electron chi connectivity index (χ3n) is 2.48. The molecular formula is C11H13F4N3O. The molecule has 0 aliphatic rings. The number of hydrogen-bond acceptors (Lipinski definition) is 3. The molecule has 4 nitrogen and oxygen atoms in total. The summed E-state index contributed by atoms with van der Waals surface area (Å²) in [5.74, 6) is -0.997. The Morgan fingerprint density at radius 3 is 2.58 bits per heavy atom. The van der Waals surface area contributed by atoms with Gasteiger partial charge >= 0.3 is 6.18 Å². The van der Waals surface area contributed by atoms with E-state index in [1.165, 1.54) is 18.0 Å². The zero-order valence-electron chi connectivity index (χ0n) is 10.1. The van der Waals surface area contributed by atoms with Gasteiger partial charge in [0.2, 0.25) is 0 Å². The topological polar surface area (TPSA) is 61.8 Å². The van der Waals surface area contributed by atoms with Crippen LogP contribution in [0, 0.1) is 5.82 Å². The van der Waals surface area contributed by atoms with E-state index >= 15 is 0 Å². The van der Waals surface area contributed by atoms with Crippen LogP contribution < -0.4 is 10.6 Å². The molecule has 0 saturated heterocycles. The number of hydrogen-bond donors (Lipinski definition) is 2. The quantitative estimate of drug-likeness (QED) is 0.292. The van der Waals surface area contributed by atoms with Crippen LogP contribution in [-0.4, -0.2) is 30.8 Å². The van der Waals surface area contributed by atoms with Gasteiger partial charge in [-0.25, -0.2) is 4.39 Å². The minimum Gasteiger partial charge on any atom is -0.409 e. The maximum Gasteiger partial charge on any atom is 0.390 e. The summed E-state index contributed by atoms with van der Waals surface area (Å²) >= 11 is 0. The minimum atomic E-state index is -4.29. The van der Waals surface area contributed by atoms with E-state index in [0.717, 1.165) is 12.1 Å². The summed E-state index contributed by atoms with van der Waals surface area (Å²) in [6, 6.07) is 3.36. The van der Waals surface area contributed by atoms with Crippen LogP contribution in [0.4, 0.5) is 23.2 Å². The molecule has 1 rings (SSSR count). The molecule has 0 fully saturated rings. The van der Waals surface area contributed by atoms with Crippen LogP contribution in [0.1, 0.15) is 12.0 Å². The van der Waals surface area contributed by atoms with Crippen LogP contribution in [-0.2, 0) is 0 Å². The second-order valence-corrected chi connectivity index (χ2v) is 3.93. The lowest BCUT2D eigenvalue weighted by Gasteiger charge is -2.22. The molecule has 0 heterocycles. The maximum atomic E-state index is 13.1. The molecule has 0 radical (unpaired) electrons. The number of benzene rings is 1. The number of anilines is 1. The Morgan fingerprint density at radius 2 is 2.05 bits per heavy atom. The molecule has 0 atom stereocenters. The van der Waals surface area contributed by atoms with E-state index in [2.05, 4.69) is 5.16 Å². The first-order valence-corrected chi connectivity index (χ1v) is 5.30. The average Bonchev–Trinajstić information content (AvgIpc) is 2.34. The van der Waals surface area contributed by atoms with Crippen molar-refractivity contribution < 1.29 is 22.8 Å². The Morgan fingerprint density at radius 1 is 1.42 bits per heavy atom. The smallest absolute Gasteiger partial charge is 0.390 e. The van der Waals surface area contributed by atoms with Crippen molar-refractivity contribution in [3.05, 3.63) is 29.6 Å². The number of oxime groups is 1. The van der Waals surface area contributed by atoms with Gasteiger partial charge < -0.3 is 15.8 Å². The zero-order chi connectivity index (χ0) is 14.6. The second-order valence-electron chi connectivity index (χ2n) is 3.93. The normalized spacial score (nSPS) is 12.6. The fraction of sp³-hybridized carbons (Fsp3) is 0.364. The summed E-state index contributed by atoms with van der Waals surface area (Å²) in [6.45, 7) is -0.319. The number of nitrogens with zero attached hydrogens (tertiary/aromatic N) is 2. The Hall–Kier alpha value is -1.99. The van der Waals surface area contributed by atoms with Crippen molar-refractivity contribution in [3.63, 3.8) is 0 Å². The van der Waals surface area contributed by atoms with Gasteiger partial charge in [0.05, 0.1) is 6.42 Å². The second kappa shape index (κ2) is 5.77. The fourth-order valence-electron chi connectivity index (χ4n) is 1.52. The predicted octanol–water partition coefficient (Wildman–Crippen LogP) is 2.31. The van der Waals surface area contributed by atoms with Crippen LogP contribution in [0.15, 0.2) is 23.4 Å². The van der Waals surface area contributed by atoms with Crippen LogP contribution in [0.5, 0.6) is 0 Å². The monoisotopic (exact) mass is 279 g/mol. The molecule has 0 amide bonds. The number of nitrogens with two attached hydrogens (primary N) is 1. The van der Waals surface area contributed by atoms with E-state index in [1.54, 1.807) is 0 Å². The van der Waals surface area contributed by atoms with Gasteiger partial charge in [-0.2, -0.15) is 13.2 Å². The zero-order valence-corrected chi connectivity index (χ0v) is 10.1. The van der Waals surface area contributed by atoms with Crippen molar-refractivity contribution in [2.45, 2.75) is 12.6 Å². The van der Waals surface area contributed by atoms with E-state index in [-0.39, 0.29) is 23.6 Å². The maximum absolute atomic E-state index is 13.1. The molecule has 0 saturated carbocycles. The molecule has 0 bridgehead atoms. The fourth-order valence-corrected chi connectivity index (χ4v) is 1.52. The SMILES string of the molecule is CN(CCC(F)(F)F)c1ccc(F)cc1C(N)=NO. The highest BCUT2D eigenvalue weighted by atomic mass is 19.4. The molecule has 0 aliphatic heterocycles. The molecule has 8 heteroatoms. The molecule has 106 valence electrons. The van der Waals surface area contributed by atoms with Gasteiger partial charge in [-0.05, 0) is 18.2 Å². The average molecular weight is 279 g/mol. The standard InChI is InChI=1S/C11H13F4N3O/c1-18(5-4-11(13,14)15)9-3-2-7(12)6-8(9)10(16)17-19/h2-3,6,19H,4-5H2,1H3,(H2,16,17). The molecule has 0 unspecified atom stereocenters. The van der Waals surface area contributed by atoms with Crippen molar-refractivity contribution in [1.82, 2.24) is 0 Å². The van der Waals surface area contributed by atoms with E-state index in [1.807, 2.05) is 0 Å². The summed E-state index contributed by atoms with van der Waals surface area (Å²) in [4.78, 5) is 1.26. The van der Waals surface area contributed by atoms with Gasteiger partial charge in [-0.1, -0.05) is 5.16 Å². The van der Waals surface area contributed by atoms with Gasteiger partial charge in [0.15, 0.2) is 5.84 Å². The Bertz CT molecular complexity index is 473. The van der Waals surface area contributed by atoms with Gasteiger partial charge in [0.1, 0.15) is 5.82 Å². The molecule has 0 spiro atoms. The van der Waals surface area contributed by atoms with Crippen molar-refractivity contribution in [2.24, 2.45) is 10.9 Å². The molecule has 3 N–H and O–H groups in total. The van der Waals surface area contributed by atoms with Crippen molar-refractivity contribution in [1.29, 1.82) is 0 Å². The summed E-state index contributed by atoms with van der Waals surface area (Å²) in [5.41, 5.74) is 5.65. The summed E-state index contributed by atoms with van der Waals surface area (Å²) in [6.07, 6.45) is -5.30. The molecule has 1 aromatic carbocycles. The van der Waals surface area contributed by atoms with E-state index in [4.69, 9.17) is 10.9 Å². The molecular weight excluding hydrogens is 266 g/mol. The van der Waals surface area contributed by atoms with E-state index in [0.29, 0.717) is 0 Å². The third-order valence-corrected chi connectivity index (χ3v) is 2.48. The summed E-state index contributed by atoms with van der Waals surface area (Å²) in [7, 11) is 1.41. The number of amidine groups is 1. The van der Waals surface area contributed by atoms with E-state index in [9.17, 15) is 17.6 Å². The van der Waals surface area contributed by atoms with E-state index < -0.39 is 18.4 Å². The lowest BCUT2D eigenvalue weighted by Crippen LogP contribution is -2.27. The Labute approximate surface area is 107 Å². The first-order valence-electron chi connectivity index (χ1n) is 5.30. The highest BCUT2D eigenvalue weighted by Crippen LogP contribution is 2.24. The van der Waals surface area contributed by atoms with Crippen LogP contribution in [0.3, 0.4) is 0 Å². The van der Waals surface area contributed by atoms with Gasteiger partial charge in [0.25, 0.3) is 0 Å². The summed E-state index contributed by atoms with van der Waals surface area (Å²) in [5, 5.41) is 11.3. The highest BCUT2D eigenvalue weighted by molar-refractivity contribution is 6.02. The highest BCUT2D eigenvalue weighted by Gasteiger charge is 2.27. The van der Waals surface area contributed by atoms with Crippen LogP contribution in [0.25, 0.3) is 0 Å². The lowest BCUT2D eigenvalue weighted by molar-refractivity contribution is -0.132. The first-order chi connectivity index (χ1) is 8.74. The van der Waals surface area contributed by atoms with Gasteiger partial charge in [-0.15, -0.1) is 0 Å². The third kappa shape index (κ3) is 4.31. The van der Waals surface area contributed by atoms with Gasteiger partial charge in [-0.3, -0.25) is 0 Å². The predicted molar refractivity (Wildman–Crippen MR) is 62.9 cm³/mol. The Balaban J connectivity index is 2.99. The molecule has 1 aromatic rings. The largest absolute Gasteiger partial charge is 0.409 e. The van der Waals surface area contributed by atoms with Crippen molar-refractivity contribution >= 4 is 11.5 Å². The number of alkyl halides is 3. The number of rotatable bonds is 4. The first kappa shape index (κ1) is 15.1. The van der Waals surface area contributed by atoms with Gasteiger partial charge in [0, 0.05) is 24.8 Å². The molecule has 0 aromatic heterocycles. The minimum absolute atomic E-state index is 0.0344. The summed E-state index contributed by atoms with van der Waals surface area (Å²) < 4.78 is 49.5. The van der Waals surface area contributed by atoms with Crippen molar-refractivity contribution in [3.8, 4) is 0 Å². The van der Waals surface area contributed by atoms with Crippen LogP contribution in [0.2, 0.25) is 0 Å².